The van der Waals surface area contributed by atoms with Crippen LogP contribution in [-0.4, -0.2) is 21.0 Å². The molecule has 0 N–H and O–H groups in total. The molecule has 0 unspecified atom stereocenters. The second-order valence-corrected chi connectivity index (χ2v) is 5.42. The zero-order chi connectivity index (χ0) is 5.82. The van der Waals surface area contributed by atoms with Crippen molar-refractivity contribution in [3.8, 4) is 0 Å². The van der Waals surface area contributed by atoms with Crippen LogP contribution < -0.4 is 0 Å². The van der Waals surface area contributed by atoms with Gasteiger partial charge in [0.15, 0.2) is 0 Å². The fourth-order valence-electron chi connectivity index (χ4n) is 0.370. The highest BCUT2D eigenvalue weighted by molar-refractivity contribution is 8.33. The average molecular weight is 165 g/mol. The van der Waals surface area contributed by atoms with E-state index >= 15 is 0 Å². The molecule has 8 heavy (non-hydrogen) atoms. The maximum Gasteiger partial charge on any atom is 0.223 e. The van der Waals surface area contributed by atoms with E-state index in [-0.39, 0.29) is 4.58 Å². The molecule has 1 fully saturated rings. The summed E-state index contributed by atoms with van der Waals surface area (Å²) in [6.45, 7) is 0. The van der Waals surface area contributed by atoms with Gasteiger partial charge in [0.05, 0.1) is 0 Å². The topological polar surface area (TPSA) is 17.1 Å². The second-order valence-electron chi connectivity index (χ2n) is 1.22. The summed E-state index contributed by atoms with van der Waals surface area (Å²) < 4.78 is 0.0937. The lowest BCUT2D eigenvalue weighted by Gasteiger charge is -2.12. The second kappa shape index (κ2) is 3.69. The minimum atomic E-state index is 0.0937. The number of thioether (sulfide) groups is 3. The van der Waals surface area contributed by atoms with Gasteiger partial charge in [-0.15, -0.1) is 35.3 Å². The molecule has 0 aromatic carbocycles. The average Bonchev–Trinajstić information content (AvgIpc) is 1.90. The van der Waals surface area contributed by atoms with Gasteiger partial charge in [-0.1, -0.05) is 0 Å². The number of rotatable bonds is 1. The van der Waals surface area contributed by atoms with Crippen LogP contribution in [0.15, 0.2) is 0 Å². The van der Waals surface area contributed by atoms with Crippen molar-refractivity contribution in [1.29, 1.82) is 0 Å². The molecule has 4 heteroatoms. The van der Waals surface area contributed by atoms with E-state index < -0.39 is 0 Å². The zero-order valence-electron chi connectivity index (χ0n) is 4.12. The molecule has 0 aliphatic carbocycles. The largest absolute Gasteiger partial charge is 0.289 e. The van der Waals surface area contributed by atoms with Gasteiger partial charge in [0, 0.05) is 10.2 Å². The molecule has 1 saturated heterocycles. The number of hydrogen-bond acceptors (Lipinski definition) is 4. The first-order valence-corrected chi connectivity index (χ1v) is 5.37. The van der Waals surface area contributed by atoms with Crippen LogP contribution in [0.5, 0.6) is 0 Å². The van der Waals surface area contributed by atoms with Gasteiger partial charge in [-0.3, -0.25) is 4.79 Å². The minimum absolute atomic E-state index is 0.0937. The lowest BCUT2D eigenvalue weighted by molar-refractivity contribution is 0.559. The SMILES string of the molecule is O=[C]C1SCSCS1. The Balaban J connectivity index is 2.22. The van der Waals surface area contributed by atoms with Crippen LogP contribution in [0.4, 0.5) is 0 Å². The van der Waals surface area contributed by atoms with Gasteiger partial charge in [-0.2, -0.15) is 0 Å². The molecule has 0 spiro atoms. The Hall–Kier alpha value is 0.720. The van der Waals surface area contributed by atoms with Crippen molar-refractivity contribution >= 4 is 41.6 Å². The predicted molar refractivity (Wildman–Crippen MR) is 42.0 cm³/mol. The number of hydrogen-bond donors (Lipinski definition) is 0. The van der Waals surface area contributed by atoms with Crippen LogP contribution in [0.3, 0.4) is 0 Å². The quantitative estimate of drug-likeness (QED) is 0.586. The molecule has 1 rings (SSSR count). The van der Waals surface area contributed by atoms with Crippen LogP contribution in [0.2, 0.25) is 0 Å². The van der Waals surface area contributed by atoms with Crippen molar-refractivity contribution in [2.45, 2.75) is 4.58 Å². The zero-order valence-corrected chi connectivity index (χ0v) is 6.57. The fraction of sp³-hybridized carbons (Fsp3) is 0.750. The maximum absolute atomic E-state index is 9.98. The number of carbonyl (C=O) groups excluding carboxylic acids is 1. The normalized spacial score (nSPS) is 23.0. The third-order valence-corrected chi connectivity index (χ3v) is 4.74. The van der Waals surface area contributed by atoms with Crippen LogP contribution >= 0.6 is 35.3 Å². The summed E-state index contributed by atoms with van der Waals surface area (Å²) in [4.78, 5) is 9.98. The summed E-state index contributed by atoms with van der Waals surface area (Å²) in [6, 6.07) is 0. The molecule has 0 bridgehead atoms. The van der Waals surface area contributed by atoms with Crippen molar-refractivity contribution in [3.63, 3.8) is 0 Å². The fourth-order valence-corrected chi connectivity index (χ4v) is 4.53. The molecule has 0 aromatic rings. The van der Waals surface area contributed by atoms with Crippen LogP contribution in [0, 0.1) is 0 Å². The molecule has 1 nitrogen and oxygen atoms in total. The molecule has 0 aromatic heterocycles. The molecule has 1 aliphatic rings. The Labute approximate surface area is 61.4 Å². The molecule has 1 heterocycles. The summed E-state index contributed by atoms with van der Waals surface area (Å²) in [5.74, 6) is 0. The van der Waals surface area contributed by atoms with Gasteiger partial charge in [0.25, 0.3) is 0 Å². The highest BCUT2D eigenvalue weighted by Gasteiger charge is 2.13. The van der Waals surface area contributed by atoms with Crippen molar-refractivity contribution < 1.29 is 4.79 Å². The maximum atomic E-state index is 9.98. The lowest BCUT2D eigenvalue weighted by Crippen LogP contribution is -2.02. The molecular weight excluding hydrogens is 160 g/mol. The standard InChI is InChI=1S/C4H5OS3/c5-1-4-7-2-6-3-8-4/h4H,2-3H2. The first kappa shape index (κ1) is 6.83. The molecule has 0 atom stereocenters. The van der Waals surface area contributed by atoms with Gasteiger partial charge < -0.3 is 0 Å². The first-order chi connectivity index (χ1) is 3.93. The third-order valence-electron chi connectivity index (χ3n) is 0.702. The van der Waals surface area contributed by atoms with Gasteiger partial charge in [-0.25, -0.2) is 0 Å². The van der Waals surface area contributed by atoms with Gasteiger partial charge in [0.1, 0.15) is 4.58 Å². The summed E-state index contributed by atoms with van der Waals surface area (Å²) in [5.41, 5.74) is 0. The highest BCUT2D eigenvalue weighted by atomic mass is 32.3. The van der Waals surface area contributed by atoms with E-state index in [1.807, 2.05) is 18.0 Å². The van der Waals surface area contributed by atoms with E-state index in [9.17, 15) is 4.79 Å². The Morgan fingerprint density at radius 1 is 1.38 bits per heavy atom. The smallest absolute Gasteiger partial charge is 0.223 e. The van der Waals surface area contributed by atoms with Crippen LogP contribution in [-0.2, 0) is 4.79 Å². The molecule has 1 radical (unpaired) electrons. The molecule has 45 valence electrons. The van der Waals surface area contributed by atoms with Crippen molar-refractivity contribution in [2.24, 2.45) is 0 Å². The van der Waals surface area contributed by atoms with Crippen molar-refractivity contribution in [3.05, 3.63) is 0 Å². The monoisotopic (exact) mass is 165 g/mol. The highest BCUT2D eigenvalue weighted by Crippen LogP contribution is 2.34. The molecule has 0 saturated carbocycles. The van der Waals surface area contributed by atoms with Gasteiger partial charge in [0.2, 0.25) is 6.29 Å². The molecule has 1 aliphatic heterocycles. The van der Waals surface area contributed by atoms with E-state index in [1.165, 1.54) is 0 Å². The van der Waals surface area contributed by atoms with Gasteiger partial charge >= 0.3 is 0 Å². The van der Waals surface area contributed by atoms with Crippen LogP contribution in [0.25, 0.3) is 0 Å². The summed E-state index contributed by atoms with van der Waals surface area (Å²) in [7, 11) is 0. The summed E-state index contributed by atoms with van der Waals surface area (Å²) in [5, 5.41) is 2.10. The summed E-state index contributed by atoms with van der Waals surface area (Å²) in [6.07, 6.45) is 1.97. The lowest BCUT2D eigenvalue weighted by atomic mass is 10.9. The van der Waals surface area contributed by atoms with E-state index in [0.29, 0.717) is 0 Å². The van der Waals surface area contributed by atoms with E-state index in [0.717, 1.165) is 10.2 Å². The van der Waals surface area contributed by atoms with Gasteiger partial charge in [-0.05, 0) is 0 Å². The van der Waals surface area contributed by atoms with Crippen molar-refractivity contribution in [2.75, 3.05) is 10.2 Å². The van der Waals surface area contributed by atoms with E-state index in [4.69, 9.17) is 0 Å². The third kappa shape index (κ3) is 1.91. The Bertz CT molecular complexity index is 79.4. The predicted octanol–water partition coefficient (Wildman–Crippen LogP) is 1.55. The van der Waals surface area contributed by atoms with E-state index in [2.05, 4.69) is 0 Å². The molecular formula is C4H5OS3. The Morgan fingerprint density at radius 3 is 2.38 bits per heavy atom. The Morgan fingerprint density at radius 2 is 2.00 bits per heavy atom. The minimum Gasteiger partial charge on any atom is -0.289 e. The van der Waals surface area contributed by atoms with E-state index in [1.54, 1.807) is 23.5 Å². The Kier molecular flexibility index (Phi) is 3.15. The van der Waals surface area contributed by atoms with Crippen LogP contribution in [0.1, 0.15) is 0 Å². The van der Waals surface area contributed by atoms with Crippen molar-refractivity contribution in [1.82, 2.24) is 0 Å². The molecule has 0 amide bonds. The summed E-state index contributed by atoms with van der Waals surface area (Å²) >= 11 is 5.19. The first-order valence-electron chi connectivity index (χ1n) is 2.12.